The monoisotopic (exact) mass is 727 g/mol. The fraction of sp³-hybridized carbons (Fsp3) is 0.556. The lowest BCUT2D eigenvalue weighted by Crippen LogP contribution is -2.41. The van der Waals surface area contributed by atoms with E-state index in [-0.39, 0.29) is 0 Å². The van der Waals surface area contributed by atoms with E-state index in [1.165, 1.54) is 116 Å². The number of rotatable bonds is 28. The fourth-order valence-corrected chi connectivity index (χ4v) is 6.14. The van der Waals surface area contributed by atoms with Crippen LogP contribution in [0.15, 0.2) is 77.0 Å². The summed E-state index contributed by atoms with van der Waals surface area (Å²) >= 11 is 0. The molecule has 0 aliphatic carbocycles. The van der Waals surface area contributed by atoms with Crippen LogP contribution in [0.1, 0.15) is 169 Å². The number of aryl methyl sites for hydroxylation is 1. The Balaban J connectivity index is 1.29. The van der Waals surface area contributed by atoms with Gasteiger partial charge in [-0.05, 0) is 92.1 Å². The third-order valence-electron chi connectivity index (χ3n) is 9.51. The molecule has 53 heavy (non-hydrogen) atoms. The minimum atomic E-state index is -0.428. The number of azo groups is 1. The van der Waals surface area contributed by atoms with Gasteiger partial charge >= 0.3 is 0 Å². The van der Waals surface area contributed by atoms with Gasteiger partial charge < -0.3 is 9.47 Å². The largest absolute Gasteiger partial charge is 0.494 e. The first kappa shape index (κ1) is 43.2. The highest BCUT2D eigenvalue weighted by Gasteiger charge is 2.10. The van der Waals surface area contributed by atoms with Crippen LogP contribution in [0, 0.1) is 6.92 Å². The molecule has 0 aromatic heterocycles. The van der Waals surface area contributed by atoms with Crippen molar-refractivity contribution in [3.63, 3.8) is 0 Å². The maximum Gasteiger partial charge on any atom is 0.269 e. The maximum absolute atomic E-state index is 12.7. The lowest BCUT2D eigenvalue weighted by molar-refractivity contribution is 0.0846. The molecule has 3 aromatic carbocycles. The van der Waals surface area contributed by atoms with Gasteiger partial charge in [-0.1, -0.05) is 129 Å². The minimum Gasteiger partial charge on any atom is -0.494 e. The van der Waals surface area contributed by atoms with Crippen LogP contribution in [0.3, 0.4) is 0 Å². The van der Waals surface area contributed by atoms with Gasteiger partial charge in [-0.15, -0.1) is 0 Å². The summed E-state index contributed by atoms with van der Waals surface area (Å²) in [6, 6.07) is 19.5. The standard InChI is InChI=1S/C45H66N4O4/c1-4-6-8-10-12-14-16-18-20-22-34-52-41-30-26-39(27-31-41)45(51)49-48-44(50)38-24-28-40(29-25-38)46-47-43-33-32-42(36-37(43)3)53-35-23-21-19-17-15-13-11-9-7-5-2/h24-33,36H,4-23,34-35H2,1-3H3,(H,48,50)(H,49,51). The topological polar surface area (TPSA) is 101 Å². The fourth-order valence-electron chi connectivity index (χ4n) is 6.14. The van der Waals surface area contributed by atoms with Crippen molar-refractivity contribution in [3.05, 3.63) is 83.4 Å². The van der Waals surface area contributed by atoms with E-state index in [1.54, 1.807) is 48.5 Å². The first-order chi connectivity index (χ1) is 26.0. The third-order valence-corrected chi connectivity index (χ3v) is 9.51. The Morgan fingerprint density at radius 2 is 0.887 bits per heavy atom. The molecule has 290 valence electrons. The summed E-state index contributed by atoms with van der Waals surface area (Å²) in [5.74, 6) is 0.744. The predicted octanol–water partition coefficient (Wildman–Crippen LogP) is 13.1. The zero-order chi connectivity index (χ0) is 37.8. The van der Waals surface area contributed by atoms with Crippen molar-refractivity contribution in [1.82, 2.24) is 10.9 Å². The van der Waals surface area contributed by atoms with Crippen LogP contribution in [0.4, 0.5) is 11.4 Å². The highest BCUT2D eigenvalue weighted by Crippen LogP contribution is 2.26. The van der Waals surface area contributed by atoms with Gasteiger partial charge in [-0.2, -0.15) is 10.2 Å². The number of carbonyl (C=O) groups is 2. The molecule has 8 nitrogen and oxygen atoms in total. The maximum atomic E-state index is 12.7. The van der Waals surface area contributed by atoms with Crippen LogP contribution >= 0.6 is 0 Å². The molecule has 2 N–H and O–H groups in total. The lowest BCUT2D eigenvalue weighted by Gasteiger charge is -2.09. The third kappa shape index (κ3) is 18.9. The molecule has 0 aliphatic heterocycles. The Kier molecular flexibility index (Phi) is 22.3. The molecule has 3 rings (SSSR count). The van der Waals surface area contributed by atoms with Gasteiger partial charge in [0, 0.05) is 11.1 Å². The molecular weight excluding hydrogens is 661 g/mol. The highest BCUT2D eigenvalue weighted by atomic mass is 16.5. The zero-order valence-corrected chi connectivity index (χ0v) is 32.9. The number of unbranched alkanes of at least 4 members (excludes halogenated alkanes) is 18. The Morgan fingerprint density at radius 3 is 1.34 bits per heavy atom. The Hall–Kier alpha value is -4.20. The quantitative estimate of drug-likeness (QED) is 0.0442. The Morgan fingerprint density at radius 1 is 0.491 bits per heavy atom. The summed E-state index contributed by atoms with van der Waals surface area (Å²) < 4.78 is 11.8. The van der Waals surface area contributed by atoms with Gasteiger partial charge in [0.05, 0.1) is 24.6 Å². The van der Waals surface area contributed by atoms with E-state index in [9.17, 15) is 9.59 Å². The minimum absolute atomic E-state index is 0.389. The second kappa shape index (κ2) is 27.4. The van der Waals surface area contributed by atoms with Gasteiger partial charge in [-0.25, -0.2) is 0 Å². The smallest absolute Gasteiger partial charge is 0.269 e. The lowest BCUT2D eigenvalue weighted by atomic mass is 10.1. The van der Waals surface area contributed by atoms with Crippen molar-refractivity contribution >= 4 is 23.2 Å². The molecule has 2 amide bonds. The molecule has 0 heterocycles. The van der Waals surface area contributed by atoms with Crippen LogP contribution in [-0.4, -0.2) is 25.0 Å². The molecule has 0 unspecified atom stereocenters. The van der Waals surface area contributed by atoms with E-state index < -0.39 is 11.8 Å². The molecule has 0 atom stereocenters. The van der Waals surface area contributed by atoms with Gasteiger partial charge in [0.2, 0.25) is 0 Å². The number of nitrogens with zero attached hydrogens (tertiary/aromatic N) is 2. The number of hydrogen-bond acceptors (Lipinski definition) is 6. The summed E-state index contributed by atoms with van der Waals surface area (Å²) in [7, 11) is 0. The van der Waals surface area contributed by atoms with E-state index in [1.807, 2.05) is 25.1 Å². The van der Waals surface area contributed by atoms with E-state index in [0.717, 1.165) is 42.2 Å². The van der Waals surface area contributed by atoms with Crippen LogP contribution in [0.2, 0.25) is 0 Å². The van der Waals surface area contributed by atoms with Crippen LogP contribution in [-0.2, 0) is 0 Å². The number of hydrogen-bond donors (Lipinski definition) is 2. The van der Waals surface area contributed by atoms with E-state index in [2.05, 4.69) is 34.9 Å². The summed E-state index contributed by atoms with van der Waals surface area (Å²) in [5.41, 5.74) is 8.13. The Bertz CT molecular complexity index is 1460. The second-order valence-electron chi connectivity index (χ2n) is 14.2. The summed E-state index contributed by atoms with van der Waals surface area (Å²) in [6.45, 7) is 7.90. The molecule has 0 bridgehead atoms. The number of benzene rings is 3. The molecular formula is C45H66N4O4. The number of ether oxygens (including phenoxy) is 2. The van der Waals surface area contributed by atoms with Crippen molar-refractivity contribution in [3.8, 4) is 11.5 Å². The predicted molar refractivity (Wildman–Crippen MR) is 218 cm³/mol. The van der Waals surface area contributed by atoms with Gasteiger partial charge in [0.1, 0.15) is 11.5 Å². The summed E-state index contributed by atoms with van der Waals surface area (Å²) in [6.07, 6.45) is 25.9. The van der Waals surface area contributed by atoms with Crippen molar-refractivity contribution in [2.45, 2.75) is 149 Å². The molecule has 0 saturated carbocycles. The number of hydrazine groups is 1. The van der Waals surface area contributed by atoms with Gasteiger partial charge in [0.25, 0.3) is 11.8 Å². The van der Waals surface area contributed by atoms with E-state index in [0.29, 0.717) is 23.4 Å². The molecule has 3 aromatic rings. The molecule has 0 fully saturated rings. The average Bonchev–Trinajstić information content (AvgIpc) is 3.18. The van der Waals surface area contributed by atoms with E-state index >= 15 is 0 Å². The molecule has 8 heteroatoms. The highest BCUT2D eigenvalue weighted by molar-refractivity contribution is 5.99. The molecule has 0 spiro atoms. The number of carbonyl (C=O) groups excluding carboxylic acids is 2. The normalized spacial score (nSPS) is 11.2. The van der Waals surface area contributed by atoms with Crippen LogP contribution < -0.4 is 20.3 Å². The molecule has 0 saturated heterocycles. The van der Waals surface area contributed by atoms with Crippen LogP contribution in [0.5, 0.6) is 11.5 Å². The second-order valence-corrected chi connectivity index (χ2v) is 14.2. The molecule has 0 radical (unpaired) electrons. The van der Waals surface area contributed by atoms with Crippen molar-refractivity contribution in [2.75, 3.05) is 13.2 Å². The van der Waals surface area contributed by atoms with Crippen molar-refractivity contribution in [1.29, 1.82) is 0 Å². The van der Waals surface area contributed by atoms with Crippen molar-refractivity contribution < 1.29 is 19.1 Å². The van der Waals surface area contributed by atoms with Gasteiger partial charge in [0.15, 0.2) is 0 Å². The van der Waals surface area contributed by atoms with Crippen molar-refractivity contribution in [2.24, 2.45) is 10.2 Å². The first-order valence-corrected chi connectivity index (χ1v) is 20.6. The zero-order valence-electron chi connectivity index (χ0n) is 32.9. The van der Waals surface area contributed by atoms with E-state index in [4.69, 9.17) is 9.47 Å². The number of nitrogens with one attached hydrogen (secondary N) is 2. The van der Waals surface area contributed by atoms with Crippen LogP contribution in [0.25, 0.3) is 0 Å². The SMILES string of the molecule is CCCCCCCCCCCCOc1ccc(C(=O)NNC(=O)c2ccc(N=Nc3ccc(OCCCCCCCCCCCC)cc3C)cc2)cc1. The molecule has 0 aliphatic rings. The van der Waals surface area contributed by atoms with Gasteiger partial charge in [-0.3, -0.25) is 20.4 Å². The number of amides is 2. The summed E-state index contributed by atoms with van der Waals surface area (Å²) in [5, 5.41) is 8.74. The Labute approximate surface area is 319 Å². The average molecular weight is 727 g/mol. The first-order valence-electron chi connectivity index (χ1n) is 20.6. The summed E-state index contributed by atoms with van der Waals surface area (Å²) in [4.78, 5) is 25.3.